The monoisotopic (exact) mass is 612 g/mol. The first-order valence-corrected chi connectivity index (χ1v) is 11.3. The lowest BCUT2D eigenvalue weighted by molar-refractivity contribution is -0.699. The molecule has 0 fully saturated rings. The number of fused-ring (bicyclic) bond motifs is 1. The van der Waals surface area contributed by atoms with Gasteiger partial charge in [0, 0.05) is 74.5 Å². The molecule has 0 N–H and O–H groups in total. The fourth-order valence-corrected chi connectivity index (χ4v) is 4.15. The van der Waals surface area contributed by atoms with Gasteiger partial charge in [-0.1, -0.05) is 24.3 Å². The molecule has 6 nitrogen and oxygen atoms in total. The molecule has 0 saturated heterocycles. The van der Waals surface area contributed by atoms with Crippen LogP contribution in [0.15, 0.2) is 82.8 Å². The molecule has 0 aliphatic rings. The number of benzene rings is 2. The van der Waals surface area contributed by atoms with E-state index in [1.165, 1.54) is 0 Å². The fourth-order valence-electron chi connectivity index (χ4n) is 4.15. The SMILES string of the molecule is Br.Br.Cc1cccc(C)[n+]1CC([O-])=Nc1cccc2c(N=C([O-])C[n+]3c(C)cccc3C)cccc12. The number of halogens is 2. The van der Waals surface area contributed by atoms with Gasteiger partial charge in [0.25, 0.3) is 0 Å². The number of aryl methyl sites for hydroxylation is 4. The molecule has 0 aliphatic carbocycles. The lowest BCUT2D eigenvalue weighted by Crippen LogP contribution is -2.46. The summed E-state index contributed by atoms with van der Waals surface area (Å²) in [7, 11) is 0. The molecule has 0 radical (unpaired) electrons. The Balaban J connectivity index is 0.00000228. The van der Waals surface area contributed by atoms with E-state index in [2.05, 4.69) is 9.98 Å². The number of pyridine rings is 2. The minimum absolute atomic E-state index is 0. The summed E-state index contributed by atoms with van der Waals surface area (Å²) >= 11 is 0. The highest BCUT2D eigenvalue weighted by Crippen LogP contribution is 2.32. The van der Waals surface area contributed by atoms with Crippen molar-refractivity contribution in [1.82, 2.24) is 0 Å². The molecule has 0 bridgehead atoms. The van der Waals surface area contributed by atoms with Gasteiger partial charge in [-0.25, -0.2) is 0 Å². The predicted octanol–water partition coefficient (Wildman–Crippen LogP) is 3.99. The average Bonchev–Trinajstić information content (AvgIpc) is 2.79. The predicted molar refractivity (Wildman–Crippen MR) is 151 cm³/mol. The molecule has 8 heteroatoms. The highest BCUT2D eigenvalue weighted by atomic mass is 79.9. The standard InChI is InChI=1S/C28H28N4O2.2BrH/c1-19-9-5-10-20(2)31(19)17-27(33)29-25-15-7-14-24-23(25)13-8-16-26(24)30-28(34)18-32-21(3)11-6-12-22(32)4;;/h5-16H,17-18H2,1-4H3;2*1H. The molecule has 0 spiro atoms. The summed E-state index contributed by atoms with van der Waals surface area (Å²) in [5.41, 5.74) is 5.15. The van der Waals surface area contributed by atoms with Crippen LogP contribution in [-0.4, -0.2) is 11.8 Å². The molecule has 4 aromatic rings. The van der Waals surface area contributed by atoms with Crippen molar-refractivity contribution in [2.24, 2.45) is 9.98 Å². The third kappa shape index (κ3) is 6.56. The lowest BCUT2D eigenvalue weighted by atomic mass is 10.1. The maximum absolute atomic E-state index is 12.8. The Morgan fingerprint density at radius 2 is 0.861 bits per heavy atom. The molecule has 36 heavy (non-hydrogen) atoms. The second-order valence-electron chi connectivity index (χ2n) is 8.45. The zero-order valence-electron chi connectivity index (χ0n) is 20.8. The van der Waals surface area contributed by atoms with Gasteiger partial charge in [0.1, 0.15) is 0 Å². The Hall–Kier alpha value is -3.10. The smallest absolute Gasteiger partial charge is 0.178 e. The third-order valence-electron chi connectivity index (χ3n) is 6.01. The van der Waals surface area contributed by atoms with Crippen LogP contribution in [-0.2, 0) is 13.1 Å². The second-order valence-corrected chi connectivity index (χ2v) is 8.45. The van der Waals surface area contributed by atoms with Crippen LogP contribution < -0.4 is 19.3 Å². The first kappa shape index (κ1) is 29.1. The van der Waals surface area contributed by atoms with Gasteiger partial charge in [0.2, 0.25) is 0 Å². The minimum atomic E-state index is -0.236. The van der Waals surface area contributed by atoms with Gasteiger partial charge in [0.15, 0.2) is 35.9 Å². The first-order chi connectivity index (χ1) is 16.3. The topological polar surface area (TPSA) is 78.6 Å². The fraction of sp³-hybridized carbons (Fsp3) is 0.214. The second kappa shape index (κ2) is 12.7. The molecule has 4 rings (SSSR count). The van der Waals surface area contributed by atoms with E-state index in [9.17, 15) is 10.2 Å². The van der Waals surface area contributed by atoms with Gasteiger partial charge < -0.3 is 10.2 Å². The number of nitrogens with zero attached hydrogens (tertiary/aromatic N) is 4. The molecule has 0 unspecified atom stereocenters. The Morgan fingerprint density at radius 1 is 0.556 bits per heavy atom. The molecule has 0 atom stereocenters. The van der Waals surface area contributed by atoms with E-state index < -0.39 is 0 Å². The molecular weight excluding hydrogens is 584 g/mol. The summed E-state index contributed by atoms with van der Waals surface area (Å²) in [6.07, 6.45) is 0. The summed E-state index contributed by atoms with van der Waals surface area (Å²) in [5, 5.41) is 27.2. The van der Waals surface area contributed by atoms with Crippen LogP contribution in [0.4, 0.5) is 11.4 Å². The Bertz CT molecular complexity index is 1290. The van der Waals surface area contributed by atoms with Gasteiger partial charge in [0.05, 0.1) is 11.4 Å². The van der Waals surface area contributed by atoms with Crippen molar-refractivity contribution in [3.8, 4) is 0 Å². The Kier molecular flexibility index (Phi) is 10.3. The molecule has 2 heterocycles. The van der Waals surface area contributed by atoms with E-state index in [0.717, 1.165) is 33.5 Å². The van der Waals surface area contributed by atoms with Crippen LogP contribution in [0.2, 0.25) is 0 Å². The van der Waals surface area contributed by atoms with Crippen molar-refractivity contribution >= 4 is 67.9 Å². The van der Waals surface area contributed by atoms with E-state index in [4.69, 9.17) is 0 Å². The maximum Gasteiger partial charge on any atom is 0.178 e. The lowest BCUT2D eigenvalue weighted by Gasteiger charge is -2.13. The molecular formula is C28H30Br2N4O2. The van der Waals surface area contributed by atoms with Crippen LogP contribution in [0.5, 0.6) is 0 Å². The van der Waals surface area contributed by atoms with Gasteiger partial charge in [-0.15, -0.1) is 34.0 Å². The Morgan fingerprint density at radius 3 is 1.19 bits per heavy atom. The van der Waals surface area contributed by atoms with E-state index >= 15 is 0 Å². The largest absolute Gasteiger partial charge is 0.857 e. The van der Waals surface area contributed by atoms with Crippen LogP contribution in [0.3, 0.4) is 0 Å². The summed E-state index contributed by atoms with van der Waals surface area (Å²) in [5.74, 6) is -0.473. The summed E-state index contributed by atoms with van der Waals surface area (Å²) in [4.78, 5) is 8.77. The van der Waals surface area contributed by atoms with Gasteiger partial charge in [-0.05, 0) is 24.3 Å². The molecule has 0 saturated carbocycles. The first-order valence-electron chi connectivity index (χ1n) is 11.3. The number of hydrogen-bond donors (Lipinski definition) is 0. The van der Waals surface area contributed by atoms with E-state index in [0.29, 0.717) is 11.4 Å². The van der Waals surface area contributed by atoms with Crippen molar-refractivity contribution < 1.29 is 19.3 Å². The normalized spacial score (nSPS) is 11.7. The highest BCUT2D eigenvalue weighted by Gasteiger charge is 2.11. The summed E-state index contributed by atoms with van der Waals surface area (Å²) in [6, 6.07) is 22.9. The van der Waals surface area contributed by atoms with Crippen molar-refractivity contribution in [3.63, 3.8) is 0 Å². The summed E-state index contributed by atoms with van der Waals surface area (Å²) < 4.78 is 3.89. The molecule has 0 aliphatic heterocycles. The van der Waals surface area contributed by atoms with Crippen molar-refractivity contribution in [1.29, 1.82) is 0 Å². The average molecular weight is 614 g/mol. The zero-order valence-corrected chi connectivity index (χ0v) is 24.2. The van der Waals surface area contributed by atoms with Crippen molar-refractivity contribution in [2.75, 3.05) is 0 Å². The third-order valence-corrected chi connectivity index (χ3v) is 6.01. The van der Waals surface area contributed by atoms with Crippen LogP contribution in [0, 0.1) is 27.7 Å². The van der Waals surface area contributed by atoms with Crippen LogP contribution in [0.1, 0.15) is 22.8 Å². The van der Waals surface area contributed by atoms with Gasteiger partial charge in [-0.2, -0.15) is 9.13 Å². The molecule has 2 aromatic carbocycles. The van der Waals surface area contributed by atoms with E-state index in [1.54, 1.807) is 0 Å². The van der Waals surface area contributed by atoms with E-state index in [1.807, 2.05) is 110 Å². The minimum Gasteiger partial charge on any atom is -0.857 e. The van der Waals surface area contributed by atoms with Crippen molar-refractivity contribution in [3.05, 3.63) is 95.6 Å². The quantitative estimate of drug-likeness (QED) is 0.187. The number of aromatic nitrogens is 2. The summed E-state index contributed by atoms with van der Waals surface area (Å²) in [6.45, 7) is 8.23. The van der Waals surface area contributed by atoms with Gasteiger partial charge >= 0.3 is 0 Å². The van der Waals surface area contributed by atoms with Crippen LogP contribution in [0.25, 0.3) is 10.8 Å². The van der Waals surface area contributed by atoms with Crippen LogP contribution >= 0.6 is 34.0 Å². The number of aliphatic imine (C=N–C) groups is 2. The number of rotatable bonds is 6. The van der Waals surface area contributed by atoms with E-state index in [-0.39, 0.29) is 58.8 Å². The zero-order chi connectivity index (χ0) is 24.2. The maximum atomic E-state index is 12.8. The van der Waals surface area contributed by atoms with Crippen molar-refractivity contribution in [2.45, 2.75) is 40.8 Å². The Labute approximate surface area is 232 Å². The van der Waals surface area contributed by atoms with Gasteiger partial charge in [-0.3, -0.25) is 9.98 Å². The molecule has 0 amide bonds. The molecule has 188 valence electrons. The highest BCUT2D eigenvalue weighted by molar-refractivity contribution is 8.93. The molecule has 2 aromatic heterocycles. The number of hydrogen-bond acceptors (Lipinski definition) is 4.